The number of aromatic nitrogens is 3. The minimum absolute atomic E-state index is 0. The van der Waals surface area contributed by atoms with Gasteiger partial charge in [-0.15, -0.1) is 23.7 Å². The molecule has 3 heterocycles. The molecule has 8 heteroatoms. The van der Waals surface area contributed by atoms with Crippen LogP contribution in [0.15, 0.2) is 36.5 Å². The zero-order chi connectivity index (χ0) is 17.9. The number of carbonyl (C=O) groups excluding carboxylic acids is 1. The zero-order valence-corrected chi connectivity index (χ0v) is 16.9. The number of nitrogens with zero attached hydrogens (tertiary/aromatic N) is 3. The van der Waals surface area contributed by atoms with Gasteiger partial charge in [-0.25, -0.2) is 4.98 Å². The molecule has 2 atom stereocenters. The van der Waals surface area contributed by atoms with Crippen LogP contribution in [-0.4, -0.2) is 39.8 Å². The van der Waals surface area contributed by atoms with Crippen LogP contribution in [0.3, 0.4) is 0 Å². The van der Waals surface area contributed by atoms with Crippen molar-refractivity contribution in [3.05, 3.63) is 47.2 Å². The summed E-state index contributed by atoms with van der Waals surface area (Å²) in [6, 6.07) is 10.3. The molecule has 1 amide bonds. The van der Waals surface area contributed by atoms with E-state index in [1.54, 1.807) is 17.4 Å². The highest BCUT2D eigenvalue weighted by Crippen LogP contribution is 2.22. The Kier molecular flexibility index (Phi) is 6.46. The van der Waals surface area contributed by atoms with Crippen molar-refractivity contribution in [3.8, 4) is 0 Å². The number of hydrogen-bond donors (Lipinski definition) is 2. The molecule has 1 aromatic carbocycles. The molecule has 144 valence electrons. The molecule has 27 heavy (non-hydrogen) atoms. The summed E-state index contributed by atoms with van der Waals surface area (Å²) in [7, 11) is 0. The van der Waals surface area contributed by atoms with E-state index < -0.39 is 0 Å². The standard InChI is InChI=1S/C19H23N5OS.ClH/c1-13(11-18-22-15-6-2-3-7-17(15)26-18)21-19(25)16-8-10-24(23-16)14-5-4-9-20-12-14;/h2-3,6-8,10,13-14,20H,4-5,9,11-12H2,1H3,(H,21,25);1H. The minimum Gasteiger partial charge on any atom is -0.348 e. The molecule has 0 spiro atoms. The highest BCUT2D eigenvalue weighted by atomic mass is 35.5. The topological polar surface area (TPSA) is 71.8 Å². The van der Waals surface area contributed by atoms with Gasteiger partial charge in [0, 0.05) is 25.2 Å². The third kappa shape index (κ3) is 4.66. The van der Waals surface area contributed by atoms with E-state index in [9.17, 15) is 4.79 Å². The van der Waals surface area contributed by atoms with Gasteiger partial charge in [0.2, 0.25) is 0 Å². The van der Waals surface area contributed by atoms with Gasteiger partial charge in [-0.3, -0.25) is 9.48 Å². The zero-order valence-electron chi connectivity index (χ0n) is 15.2. The molecule has 1 saturated heterocycles. The Morgan fingerprint density at radius 3 is 3.04 bits per heavy atom. The van der Waals surface area contributed by atoms with Crippen LogP contribution in [0.1, 0.15) is 41.3 Å². The van der Waals surface area contributed by atoms with E-state index in [2.05, 4.69) is 26.8 Å². The van der Waals surface area contributed by atoms with Crippen LogP contribution < -0.4 is 10.6 Å². The molecule has 2 N–H and O–H groups in total. The van der Waals surface area contributed by atoms with Crippen LogP contribution in [0, 0.1) is 0 Å². The predicted octanol–water partition coefficient (Wildman–Crippen LogP) is 3.20. The predicted molar refractivity (Wildman–Crippen MR) is 111 cm³/mol. The highest BCUT2D eigenvalue weighted by molar-refractivity contribution is 7.18. The summed E-state index contributed by atoms with van der Waals surface area (Å²) < 4.78 is 3.10. The molecule has 0 radical (unpaired) electrons. The van der Waals surface area contributed by atoms with Crippen LogP contribution in [-0.2, 0) is 6.42 Å². The Morgan fingerprint density at radius 1 is 1.41 bits per heavy atom. The second kappa shape index (κ2) is 8.82. The van der Waals surface area contributed by atoms with Crippen LogP contribution in [0.4, 0.5) is 0 Å². The minimum atomic E-state index is -0.124. The highest BCUT2D eigenvalue weighted by Gasteiger charge is 2.19. The number of fused-ring (bicyclic) bond motifs is 1. The first-order chi connectivity index (χ1) is 12.7. The number of para-hydroxylation sites is 1. The lowest BCUT2D eigenvalue weighted by Crippen LogP contribution is -2.35. The Labute approximate surface area is 168 Å². The Morgan fingerprint density at radius 2 is 2.26 bits per heavy atom. The number of nitrogens with one attached hydrogen (secondary N) is 2. The van der Waals surface area contributed by atoms with Gasteiger partial charge < -0.3 is 10.6 Å². The second-order valence-electron chi connectivity index (χ2n) is 6.84. The average molecular weight is 406 g/mol. The SMILES string of the molecule is CC(Cc1nc2ccccc2s1)NC(=O)c1ccn(C2CCCNC2)n1.Cl. The normalized spacial score (nSPS) is 18.0. The molecule has 0 aliphatic carbocycles. The fourth-order valence-corrected chi connectivity index (χ4v) is 4.44. The number of benzene rings is 1. The van der Waals surface area contributed by atoms with Crippen LogP contribution in [0.25, 0.3) is 10.2 Å². The van der Waals surface area contributed by atoms with Gasteiger partial charge in [0.15, 0.2) is 0 Å². The first-order valence-electron chi connectivity index (χ1n) is 9.10. The fraction of sp³-hybridized carbons (Fsp3) is 0.421. The van der Waals surface area contributed by atoms with Gasteiger partial charge in [0.25, 0.3) is 5.91 Å². The first-order valence-corrected chi connectivity index (χ1v) is 9.92. The average Bonchev–Trinajstić information content (AvgIpc) is 3.29. The number of thiazole rings is 1. The van der Waals surface area contributed by atoms with E-state index in [1.807, 2.05) is 36.0 Å². The van der Waals surface area contributed by atoms with Gasteiger partial charge in [-0.05, 0) is 44.5 Å². The van der Waals surface area contributed by atoms with Crippen molar-refractivity contribution in [2.75, 3.05) is 13.1 Å². The molecule has 0 saturated carbocycles. The maximum atomic E-state index is 12.5. The number of carbonyl (C=O) groups is 1. The summed E-state index contributed by atoms with van der Waals surface area (Å²) in [4.78, 5) is 17.1. The summed E-state index contributed by atoms with van der Waals surface area (Å²) in [5, 5.41) is 11.9. The van der Waals surface area contributed by atoms with E-state index in [0.717, 1.165) is 42.9 Å². The van der Waals surface area contributed by atoms with E-state index in [4.69, 9.17) is 0 Å². The molecule has 2 unspecified atom stereocenters. The third-order valence-corrected chi connectivity index (χ3v) is 5.74. The molecule has 1 aliphatic rings. The van der Waals surface area contributed by atoms with Crippen molar-refractivity contribution in [1.82, 2.24) is 25.4 Å². The molecular weight excluding hydrogens is 382 g/mol. The van der Waals surface area contributed by atoms with Crippen molar-refractivity contribution >= 4 is 39.9 Å². The lowest BCUT2D eigenvalue weighted by atomic mass is 10.1. The quantitative estimate of drug-likeness (QED) is 0.683. The maximum Gasteiger partial charge on any atom is 0.271 e. The first kappa shape index (κ1) is 19.8. The van der Waals surface area contributed by atoms with Gasteiger partial charge in [0.05, 0.1) is 21.3 Å². The maximum absolute atomic E-state index is 12.5. The van der Waals surface area contributed by atoms with Crippen LogP contribution >= 0.6 is 23.7 Å². The Balaban J connectivity index is 0.00000210. The summed E-state index contributed by atoms with van der Waals surface area (Å²) in [5.74, 6) is -0.124. The number of amides is 1. The molecule has 2 aromatic heterocycles. The van der Waals surface area contributed by atoms with Crippen LogP contribution in [0.2, 0.25) is 0 Å². The molecule has 4 rings (SSSR count). The number of rotatable bonds is 5. The number of hydrogen-bond acceptors (Lipinski definition) is 5. The lowest BCUT2D eigenvalue weighted by molar-refractivity contribution is 0.0933. The fourth-order valence-electron chi connectivity index (χ4n) is 3.34. The molecular formula is C19H24ClN5OS. The van der Waals surface area contributed by atoms with Crippen molar-refractivity contribution in [2.45, 2.75) is 38.3 Å². The van der Waals surface area contributed by atoms with E-state index in [0.29, 0.717) is 11.7 Å². The monoisotopic (exact) mass is 405 g/mol. The van der Waals surface area contributed by atoms with Crippen molar-refractivity contribution < 1.29 is 4.79 Å². The van der Waals surface area contributed by atoms with Gasteiger partial charge in [0.1, 0.15) is 5.69 Å². The molecule has 1 fully saturated rings. The Bertz CT molecular complexity index is 869. The number of halogens is 1. The third-order valence-electron chi connectivity index (χ3n) is 4.68. The van der Waals surface area contributed by atoms with E-state index in [1.165, 1.54) is 4.70 Å². The summed E-state index contributed by atoms with van der Waals surface area (Å²) >= 11 is 1.68. The molecule has 6 nitrogen and oxygen atoms in total. The van der Waals surface area contributed by atoms with Crippen molar-refractivity contribution in [1.29, 1.82) is 0 Å². The smallest absolute Gasteiger partial charge is 0.271 e. The van der Waals surface area contributed by atoms with Gasteiger partial charge in [-0.2, -0.15) is 5.10 Å². The Hall–Kier alpha value is -1.96. The second-order valence-corrected chi connectivity index (χ2v) is 7.95. The lowest BCUT2D eigenvalue weighted by Gasteiger charge is -2.22. The molecule has 3 aromatic rings. The largest absolute Gasteiger partial charge is 0.348 e. The van der Waals surface area contributed by atoms with Crippen LogP contribution in [0.5, 0.6) is 0 Å². The van der Waals surface area contributed by atoms with Gasteiger partial charge >= 0.3 is 0 Å². The van der Waals surface area contributed by atoms with E-state index >= 15 is 0 Å². The summed E-state index contributed by atoms with van der Waals surface area (Å²) in [5.41, 5.74) is 1.50. The number of piperidine rings is 1. The summed E-state index contributed by atoms with van der Waals surface area (Å²) in [6.45, 7) is 3.98. The molecule has 1 aliphatic heterocycles. The summed E-state index contributed by atoms with van der Waals surface area (Å²) in [6.07, 6.45) is 4.87. The van der Waals surface area contributed by atoms with Gasteiger partial charge in [-0.1, -0.05) is 12.1 Å². The molecule has 0 bridgehead atoms. The van der Waals surface area contributed by atoms with E-state index in [-0.39, 0.29) is 24.4 Å². The van der Waals surface area contributed by atoms with Crippen molar-refractivity contribution in [2.24, 2.45) is 0 Å². The van der Waals surface area contributed by atoms with Crippen molar-refractivity contribution in [3.63, 3.8) is 0 Å².